The lowest BCUT2D eigenvalue weighted by Crippen LogP contribution is -2.45. The molecule has 1 fully saturated rings. The summed E-state index contributed by atoms with van der Waals surface area (Å²) in [5.41, 5.74) is 1.15. The van der Waals surface area contributed by atoms with Crippen molar-refractivity contribution < 1.29 is 8.42 Å². The number of halogens is 1. The zero-order valence-corrected chi connectivity index (χ0v) is 13.6. The third-order valence-electron chi connectivity index (χ3n) is 3.48. The van der Waals surface area contributed by atoms with E-state index in [-0.39, 0.29) is 18.4 Å². The third kappa shape index (κ3) is 4.45. The number of nitrogens with one attached hydrogen (secondary N) is 2. The van der Waals surface area contributed by atoms with Gasteiger partial charge in [-0.25, -0.2) is 13.1 Å². The largest absolute Gasteiger partial charge is 0.315 e. The zero-order chi connectivity index (χ0) is 13.9. The number of hydrogen-bond donors (Lipinski definition) is 2. The molecule has 0 unspecified atom stereocenters. The molecule has 0 saturated carbocycles. The van der Waals surface area contributed by atoms with Crippen LogP contribution in [0.5, 0.6) is 0 Å². The summed E-state index contributed by atoms with van der Waals surface area (Å²) < 4.78 is 27.3. The van der Waals surface area contributed by atoms with Crippen molar-refractivity contribution >= 4 is 22.4 Å². The van der Waals surface area contributed by atoms with Crippen LogP contribution >= 0.6 is 12.4 Å². The van der Waals surface area contributed by atoms with E-state index in [1.807, 2.05) is 12.1 Å². The number of benzene rings is 1. The number of rotatable bonds is 4. The van der Waals surface area contributed by atoms with E-state index in [1.165, 1.54) is 0 Å². The first-order valence-corrected chi connectivity index (χ1v) is 8.30. The van der Waals surface area contributed by atoms with Crippen LogP contribution in [0.2, 0.25) is 0 Å². The second kappa shape index (κ2) is 7.41. The van der Waals surface area contributed by atoms with E-state index >= 15 is 0 Å². The van der Waals surface area contributed by atoms with Crippen LogP contribution in [0.25, 0.3) is 0 Å². The minimum Gasteiger partial charge on any atom is -0.315 e. The van der Waals surface area contributed by atoms with Crippen molar-refractivity contribution in [3.63, 3.8) is 0 Å². The van der Waals surface area contributed by atoms with E-state index < -0.39 is 10.0 Å². The SMILES string of the molecule is CC(C)c1ccc(S(=O)(=O)N[C@@H]2CCCNC2)cc1.Cl. The van der Waals surface area contributed by atoms with Crippen LogP contribution in [0.3, 0.4) is 0 Å². The van der Waals surface area contributed by atoms with Gasteiger partial charge in [-0.3, -0.25) is 0 Å². The Labute approximate surface area is 127 Å². The first-order valence-electron chi connectivity index (χ1n) is 6.82. The summed E-state index contributed by atoms with van der Waals surface area (Å²) in [5.74, 6) is 0.409. The van der Waals surface area contributed by atoms with E-state index in [0.29, 0.717) is 17.4 Å². The van der Waals surface area contributed by atoms with Gasteiger partial charge in [0.1, 0.15) is 0 Å². The molecule has 1 aromatic rings. The van der Waals surface area contributed by atoms with Gasteiger partial charge < -0.3 is 5.32 Å². The van der Waals surface area contributed by atoms with Crippen molar-refractivity contribution in [3.8, 4) is 0 Å². The van der Waals surface area contributed by atoms with Crippen molar-refractivity contribution in [1.82, 2.24) is 10.0 Å². The third-order valence-corrected chi connectivity index (χ3v) is 5.01. The molecular weight excluding hydrogens is 296 g/mol. The molecule has 20 heavy (non-hydrogen) atoms. The average molecular weight is 319 g/mol. The van der Waals surface area contributed by atoms with Gasteiger partial charge in [0.25, 0.3) is 0 Å². The lowest BCUT2D eigenvalue weighted by molar-refractivity contribution is 0.428. The molecule has 1 aliphatic heterocycles. The Hall–Kier alpha value is -0.620. The summed E-state index contributed by atoms with van der Waals surface area (Å²) >= 11 is 0. The van der Waals surface area contributed by atoms with Crippen LogP contribution in [-0.4, -0.2) is 27.5 Å². The Morgan fingerprint density at radius 2 is 1.90 bits per heavy atom. The summed E-state index contributed by atoms with van der Waals surface area (Å²) in [6.07, 6.45) is 1.91. The van der Waals surface area contributed by atoms with Gasteiger partial charge in [0, 0.05) is 12.6 Å². The molecule has 1 aromatic carbocycles. The summed E-state index contributed by atoms with van der Waals surface area (Å²) in [6, 6.07) is 7.15. The highest BCUT2D eigenvalue weighted by atomic mass is 35.5. The minimum absolute atomic E-state index is 0. The van der Waals surface area contributed by atoms with Crippen LogP contribution in [0.4, 0.5) is 0 Å². The van der Waals surface area contributed by atoms with Crippen molar-refractivity contribution in [2.45, 2.75) is 43.5 Å². The molecule has 0 bridgehead atoms. The van der Waals surface area contributed by atoms with Crippen LogP contribution in [0, 0.1) is 0 Å². The van der Waals surface area contributed by atoms with Crippen LogP contribution < -0.4 is 10.0 Å². The second-order valence-corrected chi connectivity index (χ2v) is 7.10. The van der Waals surface area contributed by atoms with E-state index in [4.69, 9.17) is 0 Å². The highest BCUT2D eigenvalue weighted by Gasteiger charge is 2.21. The van der Waals surface area contributed by atoms with Gasteiger partial charge >= 0.3 is 0 Å². The molecule has 2 N–H and O–H groups in total. The average Bonchev–Trinajstić information content (AvgIpc) is 2.39. The summed E-state index contributed by atoms with van der Waals surface area (Å²) in [4.78, 5) is 0.350. The van der Waals surface area contributed by atoms with E-state index in [1.54, 1.807) is 12.1 Å². The first kappa shape index (κ1) is 17.4. The molecule has 0 spiro atoms. The molecule has 1 aliphatic rings. The standard InChI is InChI=1S/C14H22N2O2S.ClH/c1-11(2)12-5-7-14(8-6-12)19(17,18)16-13-4-3-9-15-10-13;/h5-8,11,13,15-16H,3-4,9-10H2,1-2H3;1H/t13-;/m1./s1. The predicted molar refractivity (Wildman–Crippen MR) is 84.0 cm³/mol. The molecule has 1 saturated heterocycles. The number of piperidine rings is 1. The van der Waals surface area contributed by atoms with Gasteiger partial charge in [0.05, 0.1) is 4.90 Å². The monoisotopic (exact) mass is 318 g/mol. The summed E-state index contributed by atoms with van der Waals surface area (Å²) in [5, 5.41) is 3.21. The number of hydrogen-bond acceptors (Lipinski definition) is 3. The Morgan fingerprint density at radius 3 is 2.40 bits per heavy atom. The second-order valence-electron chi connectivity index (χ2n) is 5.39. The normalized spacial score (nSPS) is 19.6. The Morgan fingerprint density at radius 1 is 1.25 bits per heavy atom. The highest BCUT2D eigenvalue weighted by molar-refractivity contribution is 7.89. The fourth-order valence-corrected chi connectivity index (χ4v) is 3.54. The van der Waals surface area contributed by atoms with Gasteiger partial charge in [0.2, 0.25) is 10.0 Å². The van der Waals surface area contributed by atoms with Crippen molar-refractivity contribution in [3.05, 3.63) is 29.8 Å². The molecule has 1 heterocycles. The van der Waals surface area contributed by atoms with Crippen LogP contribution in [-0.2, 0) is 10.0 Å². The molecule has 1 atom stereocenters. The van der Waals surface area contributed by atoms with Crippen LogP contribution in [0.15, 0.2) is 29.2 Å². The predicted octanol–water partition coefficient (Wildman–Crippen LogP) is 2.26. The zero-order valence-electron chi connectivity index (χ0n) is 11.9. The minimum atomic E-state index is -3.39. The highest BCUT2D eigenvalue weighted by Crippen LogP contribution is 2.18. The lowest BCUT2D eigenvalue weighted by atomic mass is 10.0. The Balaban J connectivity index is 0.00000200. The van der Waals surface area contributed by atoms with Crippen molar-refractivity contribution in [2.75, 3.05) is 13.1 Å². The Bertz CT molecular complexity index is 508. The summed E-state index contributed by atoms with van der Waals surface area (Å²) in [6.45, 7) is 5.87. The molecule has 0 radical (unpaired) electrons. The fourth-order valence-electron chi connectivity index (χ4n) is 2.27. The Kier molecular flexibility index (Phi) is 6.45. The maximum Gasteiger partial charge on any atom is 0.240 e. The van der Waals surface area contributed by atoms with E-state index in [2.05, 4.69) is 23.9 Å². The quantitative estimate of drug-likeness (QED) is 0.895. The molecule has 0 aliphatic carbocycles. The van der Waals surface area contributed by atoms with Gasteiger partial charge in [0.15, 0.2) is 0 Å². The van der Waals surface area contributed by atoms with Crippen molar-refractivity contribution in [2.24, 2.45) is 0 Å². The number of sulfonamides is 1. The van der Waals surface area contributed by atoms with Gasteiger partial charge in [-0.05, 0) is 43.0 Å². The van der Waals surface area contributed by atoms with E-state index in [0.717, 1.165) is 24.9 Å². The van der Waals surface area contributed by atoms with Gasteiger partial charge in [-0.15, -0.1) is 12.4 Å². The molecular formula is C14H23ClN2O2S. The van der Waals surface area contributed by atoms with Gasteiger partial charge in [-0.1, -0.05) is 26.0 Å². The maximum atomic E-state index is 12.2. The van der Waals surface area contributed by atoms with E-state index in [9.17, 15) is 8.42 Å². The molecule has 6 heteroatoms. The summed E-state index contributed by atoms with van der Waals surface area (Å²) in [7, 11) is -3.39. The molecule has 114 valence electrons. The molecule has 4 nitrogen and oxygen atoms in total. The molecule has 0 aromatic heterocycles. The lowest BCUT2D eigenvalue weighted by Gasteiger charge is -2.23. The smallest absolute Gasteiger partial charge is 0.240 e. The molecule has 2 rings (SSSR count). The fraction of sp³-hybridized carbons (Fsp3) is 0.571. The van der Waals surface area contributed by atoms with Crippen molar-refractivity contribution in [1.29, 1.82) is 0 Å². The first-order chi connectivity index (χ1) is 8.99. The van der Waals surface area contributed by atoms with Gasteiger partial charge in [-0.2, -0.15) is 0 Å². The maximum absolute atomic E-state index is 12.2. The molecule has 0 amide bonds. The topological polar surface area (TPSA) is 58.2 Å². The van der Waals surface area contributed by atoms with Crippen LogP contribution in [0.1, 0.15) is 38.2 Å².